The second-order valence-corrected chi connectivity index (χ2v) is 5.34. The number of fused-ring (bicyclic) bond motifs is 1. The van der Waals surface area contributed by atoms with Gasteiger partial charge in [0.05, 0.1) is 0 Å². The van der Waals surface area contributed by atoms with Crippen LogP contribution in [0, 0.1) is 11.8 Å². The topological polar surface area (TPSA) is 29.3 Å². The number of rotatable bonds is 2. The maximum Gasteiger partial charge on any atom is 0.0233 e. The fourth-order valence-electron chi connectivity index (χ4n) is 3.37. The minimum atomic E-state index is 0.464. The summed E-state index contributed by atoms with van der Waals surface area (Å²) in [5, 5.41) is 0. The third-order valence-corrected chi connectivity index (χ3v) is 4.24. The molecule has 86 valence electrons. The van der Waals surface area contributed by atoms with Crippen LogP contribution in [0.2, 0.25) is 0 Å². The summed E-state index contributed by atoms with van der Waals surface area (Å²) >= 11 is 0. The predicted molar refractivity (Wildman–Crippen MR) is 65.9 cm³/mol. The molecule has 2 fully saturated rings. The van der Waals surface area contributed by atoms with E-state index in [1.54, 1.807) is 0 Å². The number of hydrogen-bond donors (Lipinski definition) is 1. The van der Waals surface area contributed by atoms with Gasteiger partial charge >= 0.3 is 0 Å². The first-order chi connectivity index (χ1) is 7.83. The molecule has 1 aromatic carbocycles. The smallest absolute Gasteiger partial charge is 0.0233 e. The highest BCUT2D eigenvalue weighted by molar-refractivity contribution is 5.15. The molecule has 0 bridgehead atoms. The molecule has 3 rings (SSSR count). The summed E-state index contributed by atoms with van der Waals surface area (Å²) in [5.74, 6) is 1.64. The molecule has 1 aliphatic heterocycles. The fourth-order valence-corrected chi connectivity index (χ4v) is 3.37. The molecule has 0 aromatic heterocycles. The lowest BCUT2D eigenvalue weighted by molar-refractivity contribution is 0.298. The van der Waals surface area contributed by atoms with Crippen molar-refractivity contribution in [3.8, 4) is 0 Å². The number of nitrogens with two attached hydrogens (primary N) is 1. The van der Waals surface area contributed by atoms with E-state index in [1.165, 1.54) is 31.5 Å². The monoisotopic (exact) mass is 216 g/mol. The van der Waals surface area contributed by atoms with Crippen LogP contribution in [0.15, 0.2) is 30.3 Å². The Bertz CT molecular complexity index is 349. The molecule has 1 saturated heterocycles. The van der Waals surface area contributed by atoms with E-state index in [-0.39, 0.29) is 0 Å². The zero-order chi connectivity index (χ0) is 11.0. The van der Waals surface area contributed by atoms with Crippen LogP contribution in [0.4, 0.5) is 0 Å². The first-order valence-corrected chi connectivity index (χ1v) is 6.35. The molecule has 3 atom stereocenters. The lowest BCUT2D eigenvalue weighted by Crippen LogP contribution is -2.30. The molecular formula is C14H20N2. The van der Waals surface area contributed by atoms with Gasteiger partial charge in [0, 0.05) is 25.7 Å². The molecule has 0 amide bonds. The van der Waals surface area contributed by atoms with Gasteiger partial charge in [0.2, 0.25) is 0 Å². The van der Waals surface area contributed by atoms with Crippen LogP contribution in [0.25, 0.3) is 0 Å². The molecule has 2 aliphatic rings. The van der Waals surface area contributed by atoms with E-state index in [0.717, 1.165) is 18.4 Å². The van der Waals surface area contributed by atoms with E-state index in [2.05, 4.69) is 35.2 Å². The van der Waals surface area contributed by atoms with Gasteiger partial charge < -0.3 is 5.73 Å². The Balaban J connectivity index is 1.63. The lowest BCUT2D eigenvalue weighted by Gasteiger charge is -2.18. The summed E-state index contributed by atoms with van der Waals surface area (Å²) < 4.78 is 0. The number of nitrogens with zero attached hydrogens (tertiary/aromatic N) is 1. The molecule has 2 nitrogen and oxygen atoms in total. The van der Waals surface area contributed by atoms with Crippen molar-refractivity contribution in [2.24, 2.45) is 17.6 Å². The zero-order valence-electron chi connectivity index (χ0n) is 9.68. The minimum absolute atomic E-state index is 0.464. The predicted octanol–water partition coefficient (Wildman–Crippen LogP) is 1.86. The van der Waals surface area contributed by atoms with Gasteiger partial charge in [-0.2, -0.15) is 0 Å². The Morgan fingerprint density at radius 3 is 2.69 bits per heavy atom. The summed E-state index contributed by atoms with van der Waals surface area (Å²) in [5.41, 5.74) is 7.58. The van der Waals surface area contributed by atoms with Gasteiger partial charge in [0.25, 0.3) is 0 Å². The standard InChI is InChI=1S/C14H20N2/c15-14-7-6-12-9-16(10-13(12)14)8-11-4-2-1-3-5-11/h1-5,12-14H,6-10,15H2/t12-,13?,14-/m0/s1. The van der Waals surface area contributed by atoms with Crippen molar-refractivity contribution < 1.29 is 0 Å². The molecule has 1 saturated carbocycles. The largest absolute Gasteiger partial charge is 0.327 e. The van der Waals surface area contributed by atoms with Gasteiger partial charge in [-0.05, 0) is 30.2 Å². The van der Waals surface area contributed by atoms with Crippen LogP contribution in [-0.2, 0) is 6.54 Å². The minimum Gasteiger partial charge on any atom is -0.327 e. The average molecular weight is 216 g/mol. The highest BCUT2D eigenvalue weighted by Gasteiger charge is 2.40. The maximum atomic E-state index is 6.15. The zero-order valence-corrected chi connectivity index (χ0v) is 9.68. The molecule has 1 aliphatic carbocycles. The van der Waals surface area contributed by atoms with Crippen LogP contribution in [0.5, 0.6) is 0 Å². The summed E-state index contributed by atoms with van der Waals surface area (Å²) in [7, 11) is 0. The van der Waals surface area contributed by atoms with Crippen LogP contribution >= 0.6 is 0 Å². The SMILES string of the molecule is N[C@H]1CC[C@H]2CN(Cc3ccccc3)CC21. The highest BCUT2D eigenvalue weighted by Crippen LogP contribution is 2.37. The van der Waals surface area contributed by atoms with Crippen LogP contribution in [0.3, 0.4) is 0 Å². The van der Waals surface area contributed by atoms with E-state index >= 15 is 0 Å². The van der Waals surface area contributed by atoms with Gasteiger partial charge in [-0.1, -0.05) is 30.3 Å². The van der Waals surface area contributed by atoms with Gasteiger partial charge in [-0.3, -0.25) is 4.90 Å². The number of likely N-dealkylation sites (tertiary alicyclic amines) is 1. The summed E-state index contributed by atoms with van der Waals surface area (Å²) in [6.07, 6.45) is 2.59. The Morgan fingerprint density at radius 2 is 1.94 bits per heavy atom. The molecule has 2 heteroatoms. The lowest BCUT2D eigenvalue weighted by atomic mass is 9.98. The molecule has 1 aromatic rings. The Morgan fingerprint density at radius 1 is 1.12 bits per heavy atom. The Hall–Kier alpha value is -0.860. The van der Waals surface area contributed by atoms with Crippen LogP contribution in [0.1, 0.15) is 18.4 Å². The van der Waals surface area contributed by atoms with Crippen LogP contribution < -0.4 is 5.73 Å². The highest BCUT2D eigenvalue weighted by atomic mass is 15.2. The molecule has 1 unspecified atom stereocenters. The average Bonchev–Trinajstić information content (AvgIpc) is 2.83. The molecule has 1 heterocycles. The number of hydrogen-bond acceptors (Lipinski definition) is 2. The van der Waals surface area contributed by atoms with E-state index < -0.39 is 0 Å². The van der Waals surface area contributed by atoms with Crippen molar-refractivity contribution in [1.82, 2.24) is 4.90 Å². The third kappa shape index (κ3) is 1.87. The molecular weight excluding hydrogens is 196 g/mol. The second-order valence-electron chi connectivity index (χ2n) is 5.34. The summed E-state index contributed by atoms with van der Waals surface area (Å²) in [6, 6.07) is 11.2. The normalized spacial score (nSPS) is 34.2. The molecule has 0 radical (unpaired) electrons. The maximum absolute atomic E-state index is 6.15. The summed E-state index contributed by atoms with van der Waals surface area (Å²) in [4.78, 5) is 2.57. The van der Waals surface area contributed by atoms with Crippen LogP contribution in [-0.4, -0.2) is 24.0 Å². The third-order valence-electron chi connectivity index (χ3n) is 4.24. The Kier molecular flexibility index (Phi) is 2.70. The van der Waals surface area contributed by atoms with Crippen molar-refractivity contribution >= 4 is 0 Å². The quantitative estimate of drug-likeness (QED) is 0.817. The molecule has 0 spiro atoms. The van der Waals surface area contributed by atoms with Crippen molar-refractivity contribution in [3.63, 3.8) is 0 Å². The van der Waals surface area contributed by atoms with Crippen molar-refractivity contribution in [1.29, 1.82) is 0 Å². The van der Waals surface area contributed by atoms with E-state index in [9.17, 15) is 0 Å². The number of benzene rings is 1. The summed E-state index contributed by atoms with van der Waals surface area (Å²) in [6.45, 7) is 3.56. The van der Waals surface area contributed by atoms with Gasteiger partial charge in [-0.25, -0.2) is 0 Å². The van der Waals surface area contributed by atoms with Gasteiger partial charge in [0.15, 0.2) is 0 Å². The Labute approximate surface area is 97.4 Å². The first kappa shape index (κ1) is 10.3. The van der Waals surface area contributed by atoms with E-state index in [0.29, 0.717) is 6.04 Å². The molecule has 16 heavy (non-hydrogen) atoms. The van der Waals surface area contributed by atoms with E-state index in [1.807, 2.05) is 0 Å². The van der Waals surface area contributed by atoms with Crippen molar-refractivity contribution in [2.75, 3.05) is 13.1 Å². The van der Waals surface area contributed by atoms with Gasteiger partial charge in [0.1, 0.15) is 0 Å². The molecule has 2 N–H and O–H groups in total. The van der Waals surface area contributed by atoms with E-state index in [4.69, 9.17) is 5.73 Å². The second kappa shape index (κ2) is 4.19. The van der Waals surface area contributed by atoms with Crippen molar-refractivity contribution in [3.05, 3.63) is 35.9 Å². The van der Waals surface area contributed by atoms with Gasteiger partial charge in [-0.15, -0.1) is 0 Å². The first-order valence-electron chi connectivity index (χ1n) is 6.35. The van der Waals surface area contributed by atoms with Crippen molar-refractivity contribution in [2.45, 2.75) is 25.4 Å². The fraction of sp³-hybridized carbons (Fsp3) is 0.571.